The van der Waals surface area contributed by atoms with Gasteiger partial charge in [-0.05, 0) is 142 Å². The lowest BCUT2D eigenvalue weighted by atomic mass is 9.99. The van der Waals surface area contributed by atoms with Crippen LogP contribution in [0.1, 0.15) is 94.4 Å². The van der Waals surface area contributed by atoms with Gasteiger partial charge in [0.15, 0.2) is 0 Å². The summed E-state index contributed by atoms with van der Waals surface area (Å²) in [6, 6.07) is 72.2. The molecule has 0 unspecified atom stereocenters. The number of aromatic nitrogens is 2. The van der Waals surface area contributed by atoms with E-state index in [1.165, 1.54) is 124 Å². The van der Waals surface area contributed by atoms with E-state index < -0.39 is 0 Å². The van der Waals surface area contributed by atoms with Crippen molar-refractivity contribution in [1.29, 1.82) is 0 Å². The zero-order valence-corrected chi connectivity index (χ0v) is 46.6. The molecule has 0 atom stereocenters. The molecule has 0 aliphatic carbocycles. The third kappa shape index (κ3) is 9.27. The summed E-state index contributed by atoms with van der Waals surface area (Å²) >= 11 is 0. The maximum Gasteiger partial charge on any atom is 0.127 e. The lowest BCUT2D eigenvalue weighted by molar-refractivity contribution is 0.302. The van der Waals surface area contributed by atoms with Crippen molar-refractivity contribution in [2.45, 2.75) is 79.1 Å². The molecule has 4 nitrogen and oxygen atoms in total. The van der Waals surface area contributed by atoms with Gasteiger partial charge < -0.3 is 18.6 Å². The molecular formula is C76H68N2O2. The molecule has 4 heteroatoms. The molecule has 2 heterocycles. The van der Waals surface area contributed by atoms with E-state index in [0.717, 1.165) is 70.0 Å². The Labute approximate surface area is 469 Å². The molecule has 2 aromatic heterocycles. The highest BCUT2D eigenvalue weighted by Crippen LogP contribution is 2.45. The Balaban J connectivity index is 1.06. The minimum Gasteiger partial charge on any atom is -0.493 e. The zero-order valence-electron chi connectivity index (χ0n) is 46.6. The van der Waals surface area contributed by atoms with Crippen LogP contribution >= 0.6 is 0 Å². The van der Waals surface area contributed by atoms with Crippen LogP contribution in [0.15, 0.2) is 200 Å². The van der Waals surface area contributed by atoms with Gasteiger partial charge in [-0.3, -0.25) is 0 Å². The van der Waals surface area contributed by atoms with Gasteiger partial charge in [0, 0.05) is 43.8 Å². The van der Waals surface area contributed by atoms with Crippen LogP contribution < -0.4 is 9.47 Å². The fourth-order valence-corrected chi connectivity index (χ4v) is 12.5. The monoisotopic (exact) mass is 1040 g/mol. The summed E-state index contributed by atoms with van der Waals surface area (Å²) in [5.41, 5.74) is 13.5. The number of aryl methyl sites for hydroxylation is 1. The van der Waals surface area contributed by atoms with Gasteiger partial charge in [-0.25, -0.2) is 0 Å². The number of nitrogens with zero attached hydrogens (tertiary/aromatic N) is 2. The lowest BCUT2D eigenvalue weighted by Crippen LogP contribution is -2.03. The summed E-state index contributed by atoms with van der Waals surface area (Å²) in [5, 5.41) is 14.9. The molecule has 0 N–H and O–H groups in total. The Hall–Kier alpha value is -8.86. The minimum absolute atomic E-state index is 0.652. The van der Waals surface area contributed by atoms with Crippen molar-refractivity contribution in [2.24, 2.45) is 0 Å². The average Bonchev–Trinajstić information content (AvgIpc) is 3.76. The number of fused-ring (bicyclic) bond motifs is 13. The van der Waals surface area contributed by atoms with Crippen LogP contribution in [0.3, 0.4) is 0 Å². The summed E-state index contributed by atoms with van der Waals surface area (Å²) < 4.78 is 18.5. The maximum atomic E-state index is 6.87. The number of unbranched alkanes of at least 4 members (excludes halogenated alkanes) is 6. The standard InChI is InChI=1S/C76H68N2O2/c1-5-8-10-20-43-79-72-45-51(4)31-38-63(72)64-39-33-52(46-73(64)80-44-21-11-9-6-2)32-34-59-50-69(78-66-40-35-53-23-14-17-28-60(53)74(66)65-47-56-26-12-13-27-57(56)48-71(65)78)58(22-7-3)49-70(59)77-67-41-36-54-24-15-18-29-61(54)75(67)76-62-30-19-16-25-55(62)37-42-68(76)77/h7,12-19,22-42,45-50H,5-6,8-11,20-21,43-44H2,1-4H3. The fraction of sp³-hybridized carbons (Fsp3) is 0.184. The molecular weight excluding hydrogens is 973 g/mol. The molecule has 13 rings (SSSR count). The predicted octanol–water partition coefficient (Wildman–Crippen LogP) is 21.6. The highest BCUT2D eigenvalue weighted by atomic mass is 16.5. The van der Waals surface area contributed by atoms with E-state index in [1.54, 1.807) is 0 Å². The molecule has 0 bridgehead atoms. The molecule has 11 aromatic carbocycles. The van der Waals surface area contributed by atoms with Gasteiger partial charge in [0.05, 0.1) is 46.7 Å². The van der Waals surface area contributed by atoms with Crippen molar-refractivity contribution in [3.63, 3.8) is 0 Å². The topological polar surface area (TPSA) is 28.3 Å². The Bertz CT molecular complexity index is 4450. The molecule has 0 saturated carbocycles. The van der Waals surface area contributed by atoms with Crippen LogP contribution in [-0.4, -0.2) is 22.3 Å². The zero-order chi connectivity index (χ0) is 54.1. The number of hydrogen-bond donors (Lipinski definition) is 0. The van der Waals surface area contributed by atoms with Crippen LogP contribution in [0.5, 0.6) is 11.5 Å². The van der Waals surface area contributed by atoms with Gasteiger partial charge in [-0.15, -0.1) is 0 Å². The van der Waals surface area contributed by atoms with E-state index in [4.69, 9.17) is 9.47 Å². The largest absolute Gasteiger partial charge is 0.493 e. The van der Waals surface area contributed by atoms with E-state index in [2.05, 4.69) is 255 Å². The van der Waals surface area contributed by atoms with Crippen LogP contribution in [0.4, 0.5) is 0 Å². The van der Waals surface area contributed by atoms with Crippen molar-refractivity contribution < 1.29 is 9.47 Å². The molecule has 0 spiro atoms. The van der Waals surface area contributed by atoms with Gasteiger partial charge >= 0.3 is 0 Å². The average molecular weight is 1040 g/mol. The normalized spacial score (nSPS) is 12.2. The number of rotatable bonds is 18. The summed E-state index contributed by atoms with van der Waals surface area (Å²) in [7, 11) is 0. The second kappa shape index (κ2) is 22.1. The summed E-state index contributed by atoms with van der Waals surface area (Å²) in [5.74, 6) is 1.79. The molecule has 0 aliphatic rings. The van der Waals surface area contributed by atoms with Gasteiger partial charge in [0.25, 0.3) is 0 Å². The van der Waals surface area contributed by atoms with E-state index in [1.807, 2.05) is 0 Å². The molecule has 0 fully saturated rings. The van der Waals surface area contributed by atoms with Crippen molar-refractivity contribution in [3.8, 4) is 34.0 Å². The highest BCUT2D eigenvalue weighted by Gasteiger charge is 2.23. The van der Waals surface area contributed by atoms with E-state index >= 15 is 0 Å². The summed E-state index contributed by atoms with van der Waals surface area (Å²) in [4.78, 5) is 0. The van der Waals surface area contributed by atoms with Crippen molar-refractivity contribution in [3.05, 3.63) is 222 Å². The molecule has 80 heavy (non-hydrogen) atoms. The Morgan fingerprint density at radius 2 is 0.850 bits per heavy atom. The first-order valence-electron chi connectivity index (χ1n) is 29.2. The van der Waals surface area contributed by atoms with Crippen molar-refractivity contribution in [2.75, 3.05) is 13.2 Å². The quantitative estimate of drug-likeness (QED) is 0.0633. The van der Waals surface area contributed by atoms with Gasteiger partial charge in [0.2, 0.25) is 0 Å². The molecule has 0 amide bonds. The SMILES string of the molecule is CC=Cc1cc(-n2c3ccc4ccccc4c3c3c4ccccc4ccc32)c(C=Cc2ccc(-c3ccc(C)cc3OCCCCCC)c(OCCCCCC)c2)cc1-n1c2cc3ccccc3cc2c2c3ccccc3ccc21. The molecule has 0 saturated heterocycles. The third-order valence-corrected chi connectivity index (χ3v) is 16.5. The summed E-state index contributed by atoms with van der Waals surface area (Å²) in [6.07, 6.45) is 18.3. The van der Waals surface area contributed by atoms with E-state index in [-0.39, 0.29) is 0 Å². The number of ether oxygens (including phenoxy) is 2. The van der Waals surface area contributed by atoms with Crippen molar-refractivity contribution in [1.82, 2.24) is 9.13 Å². The van der Waals surface area contributed by atoms with Crippen LogP contribution in [-0.2, 0) is 0 Å². The van der Waals surface area contributed by atoms with Crippen LogP contribution in [0, 0.1) is 6.92 Å². The molecule has 0 aliphatic heterocycles. The first-order chi connectivity index (χ1) is 39.5. The second-order valence-corrected chi connectivity index (χ2v) is 21.8. The van der Waals surface area contributed by atoms with Crippen molar-refractivity contribution >= 4 is 105 Å². The smallest absolute Gasteiger partial charge is 0.127 e. The van der Waals surface area contributed by atoms with Gasteiger partial charge in [-0.1, -0.05) is 210 Å². The van der Waals surface area contributed by atoms with Crippen LogP contribution in [0.2, 0.25) is 0 Å². The number of hydrogen-bond acceptors (Lipinski definition) is 2. The fourth-order valence-electron chi connectivity index (χ4n) is 12.5. The first kappa shape index (κ1) is 50.6. The molecule has 394 valence electrons. The summed E-state index contributed by atoms with van der Waals surface area (Å²) in [6.45, 7) is 10.1. The Morgan fingerprint density at radius 1 is 0.375 bits per heavy atom. The second-order valence-electron chi connectivity index (χ2n) is 21.8. The molecule has 13 aromatic rings. The third-order valence-electron chi connectivity index (χ3n) is 16.5. The molecule has 0 radical (unpaired) electrons. The van der Waals surface area contributed by atoms with Gasteiger partial charge in [0.1, 0.15) is 11.5 Å². The Kier molecular flexibility index (Phi) is 14.0. The van der Waals surface area contributed by atoms with Gasteiger partial charge in [-0.2, -0.15) is 0 Å². The van der Waals surface area contributed by atoms with E-state index in [0.29, 0.717) is 13.2 Å². The first-order valence-corrected chi connectivity index (χ1v) is 29.2. The maximum absolute atomic E-state index is 6.87. The van der Waals surface area contributed by atoms with E-state index in [9.17, 15) is 0 Å². The minimum atomic E-state index is 0.652. The number of allylic oxidation sites excluding steroid dienone is 1. The van der Waals surface area contributed by atoms with Crippen LogP contribution in [0.25, 0.3) is 127 Å². The highest BCUT2D eigenvalue weighted by molar-refractivity contribution is 6.29. The Morgan fingerprint density at radius 3 is 1.41 bits per heavy atom. The predicted molar refractivity (Wildman–Crippen MR) is 345 cm³/mol. The number of benzene rings is 11. The lowest BCUT2D eigenvalue weighted by Gasteiger charge is -2.19.